The van der Waals surface area contributed by atoms with Gasteiger partial charge in [0.05, 0.1) is 19.3 Å². The maximum atomic E-state index is 13.3. The van der Waals surface area contributed by atoms with Gasteiger partial charge in [-0.15, -0.1) is 0 Å². The predicted molar refractivity (Wildman–Crippen MR) is 143 cm³/mol. The Hall–Kier alpha value is -4.41. The number of nitrogens with two attached hydrogens (primary N) is 1. The summed E-state index contributed by atoms with van der Waals surface area (Å²) in [6.45, 7) is 5.12. The van der Waals surface area contributed by atoms with Gasteiger partial charge in [0.1, 0.15) is 23.1 Å². The highest BCUT2D eigenvalue weighted by Crippen LogP contribution is 2.30. The number of carbonyl (C=O) groups is 3. The molecule has 0 unspecified atom stereocenters. The van der Waals surface area contributed by atoms with Crippen LogP contribution in [0.1, 0.15) is 50.4 Å². The van der Waals surface area contributed by atoms with Gasteiger partial charge in [-0.2, -0.15) is 0 Å². The summed E-state index contributed by atoms with van der Waals surface area (Å²) in [4.78, 5) is 37.9. The minimum Gasteiger partial charge on any atom is -0.508 e. The van der Waals surface area contributed by atoms with Crippen LogP contribution in [0.25, 0.3) is 11.1 Å². The van der Waals surface area contributed by atoms with E-state index < -0.39 is 24.0 Å². The van der Waals surface area contributed by atoms with Gasteiger partial charge in [0.25, 0.3) is 0 Å². The smallest absolute Gasteiger partial charge is 0.339 e. The van der Waals surface area contributed by atoms with Gasteiger partial charge in [0, 0.05) is 18.7 Å². The minimum absolute atomic E-state index is 0.0772. The van der Waals surface area contributed by atoms with Gasteiger partial charge in [-0.05, 0) is 84.1 Å². The van der Waals surface area contributed by atoms with Crippen molar-refractivity contribution in [3.63, 3.8) is 0 Å². The molecule has 1 fully saturated rings. The Morgan fingerprint density at radius 2 is 1.87 bits per heavy atom. The zero-order valence-electron chi connectivity index (χ0n) is 21.7. The molecule has 10 heteroatoms. The molecule has 3 aromatic rings. The lowest BCUT2D eigenvalue weighted by molar-refractivity contribution is -0.133. The average molecular weight is 534 g/mol. The molecule has 0 bridgehead atoms. The molecule has 0 radical (unpaired) electrons. The van der Waals surface area contributed by atoms with Gasteiger partial charge in [-0.1, -0.05) is 12.1 Å². The van der Waals surface area contributed by atoms with Crippen molar-refractivity contribution in [3.8, 4) is 22.6 Å². The van der Waals surface area contributed by atoms with Crippen molar-refractivity contribution in [3.05, 3.63) is 82.4 Å². The van der Waals surface area contributed by atoms with Gasteiger partial charge in [-0.3, -0.25) is 14.5 Å². The summed E-state index contributed by atoms with van der Waals surface area (Å²) in [7, 11) is 0. The number of benzene rings is 3. The number of rotatable bonds is 8. The molecular formula is C29H31N3O7. The molecule has 0 saturated carbocycles. The molecule has 6 N–H and O–H groups in total. The average Bonchev–Trinajstić information content (AvgIpc) is 2.88. The summed E-state index contributed by atoms with van der Waals surface area (Å²) in [5, 5.41) is 32.5. The van der Waals surface area contributed by atoms with E-state index in [1.165, 1.54) is 12.1 Å². The number of phenolic OH excluding ortho intramolecular Hbond substituents is 1. The Kier molecular flexibility index (Phi) is 8.18. The second kappa shape index (κ2) is 11.5. The van der Waals surface area contributed by atoms with Crippen molar-refractivity contribution in [2.75, 3.05) is 19.8 Å². The number of primary amides is 1. The van der Waals surface area contributed by atoms with E-state index in [0.29, 0.717) is 30.8 Å². The number of hydrogen-bond acceptors (Lipinski definition) is 7. The summed E-state index contributed by atoms with van der Waals surface area (Å²) < 4.78 is 5.59. The largest absolute Gasteiger partial charge is 0.508 e. The van der Waals surface area contributed by atoms with Crippen LogP contribution in [0.4, 0.5) is 0 Å². The number of aromatic hydroxyl groups is 2. The Balaban J connectivity index is 1.51. The zero-order valence-corrected chi connectivity index (χ0v) is 21.7. The molecule has 3 aromatic carbocycles. The SMILES string of the molecule is Cc1cc(C(N)=O)ccc1-c1cc(O)cc(CN2CCOC[C@@H]2C(=O)N[C@@H](C)c2ccc(C(=O)O)c(O)c2)c1. The van der Waals surface area contributed by atoms with Crippen molar-refractivity contribution in [1.82, 2.24) is 10.2 Å². The van der Waals surface area contributed by atoms with Crippen LogP contribution in [0, 0.1) is 6.92 Å². The Labute approximate surface area is 225 Å². The van der Waals surface area contributed by atoms with E-state index >= 15 is 0 Å². The number of carboxylic acid groups (broad SMARTS) is 1. The van der Waals surface area contributed by atoms with Crippen LogP contribution < -0.4 is 11.1 Å². The Morgan fingerprint density at radius 3 is 2.54 bits per heavy atom. The normalized spacial score (nSPS) is 16.4. The molecule has 1 saturated heterocycles. The van der Waals surface area contributed by atoms with E-state index in [9.17, 15) is 24.6 Å². The zero-order chi connectivity index (χ0) is 28.3. The fourth-order valence-electron chi connectivity index (χ4n) is 4.76. The standard InChI is InChI=1S/C29H31N3O7/c1-16-9-20(27(30)35)4-5-23(16)21-10-18(11-22(33)12-21)14-32-7-8-39-15-25(32)28(36)31-17(2)19-3-6-24(29(37)38)26(34)13-19/h3-6,9-13,17,25,33-34H,7-8,14-15H2,1-2H3,(H2,30,35)(H,31,36)(H,37,38)/t17-,25+/m0/s1. The van der Waals surface area contributed by atoms with Crippen LogP contribution in [0.5, 0.6) is 11.5 Å². The van der Waals surface area contributed by atoms with Crippen LogP contribution in [0.2, 0.25) is 0 Å². The summed E-state index contributed by atoms with van der Waals surface area (Å²) in [6, 6.07) is 13.5. The number of amides is 2. The number of phenols is 2. The highest BCUT2D eigenvalue weighted by Gasteiger charge is 2.30. The highest BCUT2D eigenvalue weighted by molar-refractivity contribution is 5.94. The predicted octanol–water partition coefficient (Wildman–Crippen LogP) is 2.95. The third kappa shape index (κ3) is 6.36. The van der Waals surface area contributed by atoms with Crippen LogP contribution >= 0.6 is 0 Å². The molecular weight excluding hydrogens is 502 g/mol. The van der Waals surface area contributed by atoms with Crippen LogP contribution in [-0.4, -0.2) is 63.8 Å². The molecule has 10 nitrogen and oxygen atoms in total. The van der Waals surface area contributed by atoms with Crippen LogP contribution in [0.3, 0.4) is 0 Å². The van der Waals surface area contributed by atoms with Crippen LogP contribution in [-0.2, 0) is 16.1 Å². The molecule has 2 amide bonds. The fourth-order valence-corrected chi connectivity index (χ4v) is 4.76. The molecule has 0 aliphatic carbocycles. The molecule has 4 rings (SSSR count). The van der Waals surface area contributed by atoms with Crippen molar-refractivity contribution in [2.45, 2.75) is 32.5 Å². The van der Waals surface area contributed by atoms with E-state index in [1.54, 1.807) is 43.3 Å². The van der Waals surface area contributed by atoms with Gasteiger partial charge in [0.2, 0.25) is 11.8 Å². The molecule has 1 aliphatic rings. The second-order valence-corrected chi connectivity index (χ2v) is 9.66. The Morgan fingerprint density at radius 1 is 1.10 bits per heavy atom. The Bertz CT molecular complexity index is 1420. The van der Waals surface area contributed by atoms with Crippen LogP contribution in [0.15, 0.2) is 54.6 Å². The number of morpholine rings is 1. The minimum atomic E-state index is -1.24. The lowest BCUT2D eigenvalue weighted by atomic mass is 9.96. The monoisotopic (exact) mass is 533 g/mol. The summed E-state index contributed by atoms with van der Waals surface area (Å²) in [5.74, 6) is -2.32. The van der Waals surface area contributed by atoms with Crippen molar-refractivity contribution < 1.29 is 34.4 Å². The molecule has 0 aromatic heterocycles. The van der Waals surface area contributed by atoms with Crippen molar-refractivity contribution in [2.24, 2.45) is 5.73 Å². The number of carbonyl (C=O) groups excluding carboxylic acids is 2. The maximum Gasteiger partial charge on any atom is 0.339 e. The van der Waals surface area contributed by atoms with E-state index in [0.717, 1.165) is 22.3 Å². The summed E-state index contributed by atoms with van der Waals surface area (Å²) in [6.07, 6.45) is 0. The maximum absolute atomic E-state index is 13.3. The van der Waals surface area contributed by atoms with Crippen molar-refractivity contribution >= 4 is 17.8 Å². The lowest BCUT2D eigenvalue weighted by Crippen LogP contribution is -2.53. The molecule has 0 spiro atoms. The number of nitrogens with one attached hydrogen (secondary N) is 1. The third-order valence-electron chi connectivity index (χ3n) is 6.84. The quantitative estimate of drug-likeness (QED) is 0.295. The number of hydrogen-bond donors (Lipinski definition) is 5. The fraction of sp³-hybridized carbons (Fsp3) is 0.276. The first-order valence-corrected chi connectivity index (χ1v) is 12.5. The van der Waals surface area contributed by atoms with Gasteiger partial charge in [-0.25, -0.2) is 4.79 Å². The van der Waals surface area contributed by atoms with E-state index in [1.807, 2.05) is 17.9 Å². The topological polar surface area (TPSA) is 162 Å². The van der Waals surface area contributed by atoms with Gasteiger partial charge < -0.3 is 31.1 Å². The van der Waals surface area contributed by atoms with E-state index in [2.05, 4.69) is 5.32 Å². The number of ether oxygens (including phenoxy) is 1. The van der Waals surface area contributed by atoms with Crippen molar-refractivity contribution in [1.29, 1.82) is 0 Å². The second-order valence-electron chi connectivity index (χ2n) is 9.66. The lowest BCUT2D eigenvalue weighted by Gasteiger charge is -2.35. The summed E-state index contributed by atoms with van der Waals surface area (Å²) >= 11 is 0. The first-order valence-electron chi connectivity index (χ1n) is 12.5. The van der Waals surface area contributed by atoms with E-state index in [4.69, 9.17) is 15.6 Å². The third-order valence-corrected chi connectivity index (χ3v) is 6.84. The van der Waals surface area contributed by atoms with Gasteiger partial charge in [0.15, 0.2) is 0 Å². The molecule has 2 atom stereocenters. The number of nitrogens with zero attached hydrogens (tertiary/aromatic N) is 1. The number of aromatic carboxylic acids is 1. The highest BCUT2D eigenvalue weighted by atomic mass is 16.5. The number of carboxylic acids is 1. The molecule has 39 heavy (non-hydrogen) atoms. The van der Waals surface area contributed by atoms with E-state index in [-0.39, 0.29) is 29.6 Å². The number of aryl methyl sites for hydroxylation is 1. The summed E-state index contributed by atoms with van der Waals surface area (Å²) in [5.41, 5.74) is 9.39. The molecule has 1 heterocycles. The van der Waals surface area contributed by atoms with Gasteiger partial charge >= 0.3 is 5.97 Å². The molecule has 204 valence electrons. The molecule has 1 aliphatic heterocycles. The first-order chi connectivity index (χ1) is 18.5. The first kappa shape index (κ1) is 27.6.